The molecule has 21 heavy (non-hydrogen) atoms. The van der Waals surface area contributed by atoms with E-state index >= 15 is 0 Å². The average molecular weight is 293 g/mol. The van der Waals surface area contributed by atoms with E-state index in [9.17, 15) is 9.59 Å². The van der Waals surface area contributed by atoms with Gasteiger partial charge in [-0.15, -0.1) is 0 Å². The number of carbonyl (C=O) groups excluding carboxylic acids is 1. The third-order valence-corrected chi connectivity index (χ3v) is 3.18. The lowest BCUT2D eigenvalue weighted by Gasteiger charge is -2.08. The molecule has 0 spiro atoms. The summed E-state index contributed by atoms with van der Waals surface area (Å²) in [5, 5.41) is 11.4. The zero-order chi connectivity index (χ0) is 15.2. The smallest absolute Gasteiger partial charge is 0.341 e. The Morgan fingerprint density at radius 1 is 1.43 bits per heavy atom. The topological polar surface area (TPSA) is 84.9 Å². The molecule has 2 N–H and O–H groups in total. The third kappa shape index (κ3) is 4.75. The fourth-order valence-corrected chi connectivity index (χ4v) is 2.06. The van der Waals surface area contributed by atoms with Crippen molar-refractivity contribution in [1.29, 1.82) is 0 Å². The molecule has 0 saturated heterocycles. The average Bonchev–Trinajstić information content (AvgIpc) is 3.23. The van der Waals surface area contributed by atoms with E-state index in [0.29, 0.717) is 18.9 Å². The Kier molecular flexibility index (Phi) is 5.16. The van der Waals surface area contributed by atoms with Crippen LogP contribution >= 0.6 is 0 Å². The summed E-state index contributed by atoms with van der Waals surface area (Å²) >= 11 is 0. The van der Waals surface area contributed by atoms with E-state index in [4.69, 9.17) is 14.6 Å². The maximum Gasteiger partial charge on any atom is 0.341 e. The summed E-state index contributed by atoms with van der Waals surface area (Å²) in [7, 11) is 0. The van der Waals surface area contributed by atoms with Crippen molar-refractivity contribution in [3.8, 4) is 5.75 Å². The largest absolute Gasteiger partial charge is 0.482 e. The third-order valence-electron chi connectivity index (χ3n) is 3.18. The van der Waals surface area contributed by atoms with Gasteiger partial charge in [-0.3, -0.25) is 4.79 Å². The maximum absolute atomic E-state index is 11.9. The molecular formula is C15H19NO5. The van der Waals surface area contributed by atoms with Crippen LogP contribution in [0.3, 0.4) is 0 Å². The van der Waals surface area contributed by atoms with Gasteiger partial charge in [-0.2, -0.15) is 0 Å². The second-order valence-electron chi connectivity index (χ2n) is 4.88. The first-order valence-corrected chi connectivity index (χ1v) is 6.93. The molecule has 6 nitrogen and oxygen atoms in total. The van der Waals surface area contributed by atoms with Crippen molar-refractivity contribution < 1.29 is 24.2 Å². The Morgan fingerprint density at radius 3 is 2.95 bits per heavy atom. The summed E-state index contributed by atoms with van der Waals surface area (Å²) in [4.78, 5) is 22.3. The summed E-state index contributed by atoms with van der Waals surface area (Å²) in [6.07, 6.45) is 0.835. The van der Waals surface area contributed by atoms with Gasteiger partial charge in [0.1, 0.15) is 5.75 Å². The van der Waals surface area contributed by atoms with E-state index in [0.717, 1.165) is 12.0 Å². The number of hydrogen-bond donors (Lipinski definition) is 2. The monoisotopic (exact) mass is 293 g/mol. The fourth-order valence-electron chi connectivity index (χ4n) is 2.06. The van der Waals surface area contributed by atoms with Gasteiger partial charge in [0.15, 0.2) is 6.61 Å². The van der Waals surface area contributed by atoms with Gasteiger partial charge < -0.3 is 19.9 Å². The lowest BCUT2D eigenvalue weighted by atomic mass is 10.2. The molecule has 1 aromatic carbocycles. The normalized spacial score (nSPS) is 19.9. The highest BCUT2D eigenvalue weighted by atomic mass is 16.5. The number of amides is 1. The molecule has 1 amide bonds. The Labute approximate surface area is 123 Å². The van der Waals surface area contributed by atoms with Gasteiger partial charge in [-0.05, 0) is 31.0 Å². The van der Waals surface area contributed by atoms with Gasteiger partial charge in [0.25, 0.3) is 0 Å². The summed E-state index contributed by atoms with van der Waals surface area (Å²) in [6.45, 7) is 2.54. The number of aliphatic carboxylic acids is 1. The van der Waals surface area contributed by atoms with Crippen molar-refractivity contribution in [2.24, 2.45) is 5.92 Å². The van der Waals surface area contributed by atoms with Crippen LogP contribution in [0.4, 0.5) is 0 Å². The maximum atomic E-state index is 11.9. The summed E-state index contributed by atoms with van der Waals surface area (Å²) in [5.41, 5.74) is 0.861. The predicted molar refractivity (Wildman–Crippen MR) is 74.9 cm³/mol. The lowest BCUT2D eigenvalue weighted by Crippen LogP contribution is -2.26. The molecule has 114 valence electrons. The van der Waals surface area contributed by atoms with Crippen molar-refractivity contribution in [2.45, 2.75) is 26.0 Å². The molecule has 0 aromatic heterocycles. The molecular weight excluding hydrogens is 274 g/mol. The number of ether oxygens (including phenoxy) is 2. The highest BCUT2D eigenvalue weighted by molar-refractivity contribution is 5.82. The lowest BCUT2D eigenvalue weighted by molar-refractivity contribution is -0.139. The highest BCUT2D eigenvalue weighted by Gasteiger charge is 2.43. The molecule has 0 heterocycles. The van der Waals surface area contributed by atoms with Gasteiger partial charge in [-0.1, -0.05) is 12.1 Å². The molecule has 2 atom stereocenters. The molecule has 1 fully saturated rings. The Hall–Kier alpha value is -2.08. The minimum Gasteiger partial charge on any atom is -0.482 e. The SMILES string of the molecule is CCO[C@@H]1C[C@@H]1C(=O)NCc1cccc(OCC(=O)O)c1. The first-order valence-electron chi connectivity index (χ1n) is 6.93. The summed E-state index contributed by atoms with van der Waals surface area (Å²) in [5.74, 6) is -0.603. The molecule has 0 radical (unpaired) electrons. The van der Waals surface area contributed by atoms with Crippen LogP contribution in [0.2, 0.25) is 0 Å². The number of carboxylic acid groups (broad SMARTS) is 1. The zero-order valence-electron chi connectivity index (χ0n) is 11.9. The molecule has 1 aliphatic rings. The second-order valence-corrected chi connectivity index (χ2v) is 4.88. The van der Waals surface area contributed by atoms with Crippen molar-refractivity contribution in [1.82, 2.24) is 5.32 Å². The van der Waals surface area contributed by atoms with Gasteiger partial charge >= 0.3 is 5.97 Å². The van der Waals surface area contributed by atoms with Gasteiger partial charge in [0.05, 0.1) is 12.0 Å². The Bertz CT molecular complexity index is 517. The summed E-state index contributed by atoms with van der Waals surface area (Å²) < 4.78 is 10.5. The molecule has 0 bridgehead atoms. The molecule has 1 saturated carbocycles. The van der Waals surface area contributed by atoms with Crippen LogP contribution in [-0.2, 0) is 20.9 Å². The van der Waals surface area contributed by atoms with E-state index < -0.39 is 5.97 Å². The van der Waals surface area contributed by atoms with E-state index in [2.05, 4.69) is 5.32 Å². The first kappa shape index (κ1) is 15.3. The van der Waals surface area contributed by atoms with Gasteiger partial charge in [0, 0.05) is 13.2 Å². The molecule has 1 aliphatic carbocycles. The second kappa shape index (κ2) is 7.08. The van der Waals surface area contributed by atoms with Crippen molar-refractivity contribution in [3.63, 3.8) is 0 Å². The van der Waals surface area contributed by atoms with Crippen molar-refractivity contribution in [2.75, 3.05) is 13.2 Å². The van der Waals surface area contributed by atoms with Crippen molar-refractivity contribution >= 4 is 11.9 Å². The molecule has 2 rings (SSSR count). The van der Waals surface area contributed by atoms with E-state index in [1.807, 2.05) is 13.0 Å². The number of carbonyl (C=O) groups is 2. The van der Waals surface area contributed by atoms with E-state index in [1.165, 1.54) is 0 Å². The van der Waals surface area contributed by atoms with Gasteiger partial charge in [0.2, 0.25) is 5.91 Å². The first-order chi connectivity index (χ1) is 10.1. The predicted octanol–water partition coefficient (Wildman–Crippen LogP) is 1.19. The number of nitrogens with one attached hydrogen (secondary N) is 1. The highest BCUT2D eigenvalue weighted by Crippen LogP contribution is 2.33. The summed E-state index contributed by atoms with van der Waals surface area (Å²) in [6, 6.07) is 7.01. The number of rotatable bonds is 8. The van der Waals surface area contributed by atoms with E-state index in [1.54, 1.807) is 18.2 Å². The fraction of sp³-hybridized carbons (Fsp3) is 0.467. The molecule has 0 unspecified atom stereocenters. The van der Waals surface area contributed by atoms with Crippen LogP contribution in [-0.4, -0.2) is 36.3 Å². The van der Waals surface area contributed by atoms with E-state index in [-0.39, 0.29) is 24.5 Å². The number of carboxylic acids is 1. The molecule has 6 heteroatoms. The van der Waals surface area contributed by atoms with Crippen LogP contribution in [0.5, 0.6) is 5.75 Å². The van der Waals surface area contributed by atoms with Crippen LogP contribution < -0.4 is 10.1 Å². The minimum atomic E-state index is -1.02. The number of hydrogen-bond acceptors (Lipinski definition) is 4. The quantitative estimate of drug-likeness (QED) is 0.752. The van der Waals surface area contributed by atoms with Crippen LogP contribution in [0.15, 0.2) is 24.3 Å². The standard InChI is InChI=1S/C15H19NO5/c1-2-20-13-7-12(13)15(19)16-8-10-4-3-5-11(6-10)21-9-14(17)18/h3-6,12-13H,2,7-9H2,1H3,(H,16,19)(H,17,18)/t12-,13+/m0/s1. The Morgan fingerprint density at radius 2 is 2.24 bits per heavy atom. The van der Waals surface area contributed by atoms with Crippen LogP contribution in [0.25, 0.3) is 0 Å². The zero-order valence-corrected chi connectivity index (χ0v) is 11.9. The number of benzene rings is 1. The minimum absolute atomic E-state index is 0.00897. The van der Waals surface area contributed by atoms with Gasteiger partial charge in [-0.25, -0.2) is 4.79 Å². The molecule has 1 aromatic rings. The van der Waals surface area contributed by atoms with Crippen LogP contribution in [0, 0.1) is 5.92 Å². The van der Waals surface area contributed by atoms with Crippen LogP contribution in [0.1, 0.15) is 18.9 Å². The van der Waals surface area contributed by atoms with Crippen molar-refractivity contribution in [3.05, 3.63) is 29.8 Å². The molecule has 0 aliphatic heterocycles. The Balaban J connectivity index is 1.79.